The minimum atomic E-state index is -0.686. The Bertz CT molecular complexity index is 321. The van der Waals surface area contributed by atoms with Crippen molar-refractivity contribution < 1.29 is 9.90 Å². The molecule has 0 aromatic carbocycles. The number of rotatable bonds is 2. The highest BCUT2D eigenvalue weighted by molar-refractivity contribution is 5.74. The van der Waals surface area contributed by atoms with Crippen LogP contribution in [0.5, 0.6) is 0 Å². The summed E-state index contributed by atoms with van der Waals surface area (Å²) in [6.45, 7) is 6.47. The average molecular weight is 268 g/mol. The molecule has 1 saturated heterocycles. The lowest BCUT2D eigenvalue weighted by Gasteiger charge is -2.37. The van der Waals surface area contributed by atoms with Crippen molar-refractivity contribution >= 4 is 6.03 Å². The molecule has 0 bridgehead atoms. The number of amides is 2. The predicted octanol–water partition coefficient (Wildman–Crippen LogP) is 2.37. The van der Waals surface area contributed by atoms with E-state index in [1.54, 1.807) is 0 Å². The molecule has 19 heavy (non-hydrogen) atoms. The Labute approximate surface area is 116 Å². The van der Waals surface area contributed by atoms with Crippen LogP contribution in [0.3, 0.4) is 0 Å². The Morgan fingerprint density at radius 2 is 2.05 bits per heavy atom. The van der Waals surface area contributed by atoms with Gasteiger partial charge in [0.25, 0.3) is 0 Å². The summed E-state index contributed by atoms with van der Waals surface area (Å²) in [7, 11) is 0. The van der Waals surface area contributed by atoms with Gasteiger partial charge in [0.05, 0.1) is 5.60 Å². The summed E-state index contributed by atoms with van der Waals surface area (Å²) >= 11 is 0. The Hall–Kier alpha value is -0.770. The van der Waals surface area contributed by atoms with Crippen LogP contribution in [-0.2, 0) is 0 Å². The van der Waals surface area contributed by atoms with Crippen molar-refractivity contribution in [2.24, 2.45) is 11.8 Å². The van der Waals surface area contributed by atoms with Crippen LogP contribution in [0.1, 0.15) is 52.4 Å². The maximum absolute atomic E-state index is 12.1. The summed E-state index contributed by atoms with van der Waals surface area (Å²) in [5.74, 6) is 1.16. The van der Waals surface area contributed by atoms with E-state index >= 15 is 0 Å². The van der Waals surface area contributed by atoms with Crippen LogP contribution >= 0.6 is 0 Å². The summed E-state index contributed by atoms with van der Waals surface area (Å²) in [5.41, 5.74) is -0.686. The molecule has 0 radical (unpaired) electrons. The molecule has 1 aliphatic heterocycles. The van der Waals surface area contributed by atoms with Crippen LogP contribution in [-0.4, -0.2) is 41.3 Å². The van der Waals surface area contributed by atoms with E-state index in [-0.39, 0.29) is 6.03 Å². The molecular formula is C15H28N2O2. The number of hydrogen-bond donors (Lipinski definition) is 2. The Balaban J connectivity index is 1.79. The number of aliphatic hydroxyl groups is 1. The second-order valence-corrected chi connectivity index (χ2v) is 6.78. The first-order chi connectivity index (χ1) is 8.98. The number of hydrogen-bond acceptors (Lipinski definition) is 2. The number of nitrogens with one attached hydrogen (secondary N) is 1. The van der Waals surface area contributed by atoms with Crippen molar-refractivity contribution in [1.29, 1.82) is 0 Å². The third kappa shape index (κ3) is 4.10. The lowest BCUT2D eigenvalue weighted by molar-refractivity contribution is -0.0106. The molecule has 3 atom stereocenters. The van der Waals surface area contributed by atoms with Gasteiger partial charge >= 0.3 is 6.03 Å². The summed E-state index contributed by atoms with van der Waals surface area (Å²) in [5, 5.41) is 13.4. The van der Waals surface area contributed by atoms with Gasteiger partial charge in [-0.3, -0.25) is 0 Å². The largest absolute Gasteiger partial charge is 0.388 e. The number of piperidine rings is 1. The number of nitrogens with zero attached hydrogens (tertiary/aromatic N) is 1. The van der Waals surface area contributed by atoms with Gasteiger partial charge in [0, 0.05) is 19.6 Å². The van der Waals surface area contributed by atoms with E-state index in [0.717, 1.165) is 38.8 Å². The van der Waals surface area contributed by atoms with Crippen molar-refractivity contribution in [3.05, 3.63) is 0 Å². The number of carbonyl (C=O) groups is 1. The van der Waals surface area contributed by atoms with E-state index in [1.807, 2.05) is 4.90 Å². The first kappa shape index (κ1) is 14.6. The molecule has 3 unspecified atom stereocenters. The van der Waals surface area contributed by atoms with Crippen LogP contribution < -0.4 is 5.32 Å². The predicted molar refractivity (Wildman–Crippen MR) is 76.0 cm³/mol. The number of urea groups is 1. The van der Waals surface area contributed by atoms with Gasteiger partial charge in [-0.2, -0.15) is 0 Å². The Kier molecular flexibility index (Phi) is 4.71. The van der Waals surface area contributed by atoms with Gasteiger partial charge in [-0.05, 0) is 37.5 Å². The summed E-state index contributed by atoms with van der Waals surface area (Å²) < 4.78 is 0. The standard InChI is InChI=1S/C15H28N2O2/c1-12-5-3-7-15(19,9-12)11-16-14(18)17-8-4-6-13(2)10-17/h12-13,19H,3-11H2,1-2H3,(H,16,18). The first-order valence-electron chi connectivity index (χ1n) is 7.74. The van der Waals surface area contributed by atoms with Crippen molar-refractivity contribution in [1.82, 2.24) is 10.2 Å². The van der Waals surface area contributed by atoms with E-state index in [0.29, 0.717) is 18.4 Å². The molecule has 1 saturated carbocycles. The summed E-state index contributed by atoms with van der Waals surface area (Å²) in [4.78, 5) is 14.0. The molecule has 110 valence electrons. The molecule has 4 nitrogen and oxygen atoms in total. The van der Waals surface area contributed by atoms with Crippen LogP contribution in [0, 0.1) is 11.8 Å². The molecule has 2 amide bonds. The van der Waals surface area contributed by atoms with Gasteiger partial charge < -0.3 is 15.3 Å². The zero-order chi connectivity index (χ0) is 13.9. The molecule has 1 heterocycles. The number of likely N-dealkylation sites (tertiary alicyclic amines) is 1. The van der Waals surface area contributed by atoms with Crippen LogP contribution in [0.25, 0.3) is 0 Å². The summed E-state index contributed by atoms with van der Waals surface area (Å²) in [6.07, 6.45) is 6.19. The van der Waals surface area contributed by atoms with Crippen molar-refractivity contribution in [3.63, 3.8) is 0 Å². The molecule has 0 aromatic rings. The maximum Gasteiger partial charge on any atom is 0.317 e. The van der Waals surface area contributed by atoms with Crippen molar-refractivity contribution in [2.75, 3.05) is 19.6 Å². The van der Waals surface area contributed by atoms with Gasteiger partial charge in [0.15, 0.2) is 0 Å². The van der Waals surface area contributed by atoms with Gasteiger partial charge in [-0.15, -0.1) is 0 Å². The quantitative estimate of drug-likeness (QED) is 0.808. The van der Waals surface area contributed by atoms with Crippen LogP contribution in [0.2, 0.25) is 0 Å². The second-order valence-electron chi connectivity index (χ2n) is 6.78. The van der Waals surface area contributed by atoms with E-state index in [1.165, 1.54) is 12.8 Å². The van der Waals surface area contributed by atoms with Gasteiger partial charge in [-0.25, -0.2) is 4.79 Å². The topological polar surface area (TPSA) is 52.6 Å². The molecule has 2 fully saturated rings. The molecule has 2 aliphatic rings. The molecule has 2 N–H and O–H groups in total. The minimum Gasteiger partial charge on any atom is -0.388 e. The molecule has 0 aromatic heterocycles. The molecule has 2 rings (SSSR count). The Morgan fingerprint density at radius 1 is 1.32 bits per heavy atom. The van der Waals surface area contributed by atoms with Crippen molar-refractivity contribution in [3.8, 4) is 0 Å². The molecular weight excluding hydrogens is 240 g/mol. The zero-order valence-electron chi connectivity index (χ0n) is 12.3. The highest BCUT2D eigenvalue weighted by Gasteiger charge is 2.33. The lowest BCUT2D eigenvalue weighted by atomic mass is 9.79. The third-order valence-electron chi connectivity index (χ3n) is 4.58. The second kappa shape index (κ2) is 6.12. The maximum atomic E-state index is 12.1. The fourth-order valence-corrected chi connectivity index (χ4v) is 3.52. The lowest BCUT2D eigenvalue weighted by Crippen LogP contribution is -2.51. The molecule has 1 aliphatic carbocycles. The SMILES string of the molecule is CC1CCCN(C(=O)NCC2(O)CCCC(C)C2)C1. The average Bonchev–Trinajstić information content (AvgIpc) is 2.36. The molecule has 4 heteroatoms. The Morgan fingerprint density at radius 3 is 2.74 bits per heavy atom. The van der Waals surface area contributed by atoms with E-state index in [9.17, 15) is 9.90 Å². The van der Waals surface area contributed by atoms with E-state index < -0.39 is 5.60 Å². The third-order valence-corrected chi connectivity index (χ3v) is 4.58. The fourth-order valence-electron chi connectivity index (χ4n) is 3.52. The highest BCUT2D eigenvalue weighted by Crippen LogP contribution is 2.31. The van der Waals surface area contributed by atoms with Crippen molar-refractivity contribution in [2.45, 2.75) is 58.0 Å². The monoisotopic (exact) mass is 268 g/mol. The van der Waals surface area contributed by atoms with Crippen LogP contribution in [0.4, 0.5) is 4.79 Å². The van der Waals surface area contributed by atoms with Gasteiger partial charge in [0.2, 0.25) is 0 Å². The van der Waals surface area contributed by atoms with E-state index in [4.69, 9.17) is 0 Å². The first-order valence-corrected chi connectivity index (χ1v) is 7.74. The van der Waals surface area contributed by atoms with Crippen LogP contribution in [0.15, 0.2) is 0 Å². The van der Waals surface area contributed by atoms with E-state index in [2.05, 4.69) is 19.2 Å². The fraction of sp³-hybridized carbons (Fsp3) is 0.933. The normalized spacial score (nSPS) is 36.1. The highest BCUT2D eigenvalue weighted by atomic mass is 16.3. The minimum absolute atomic E-state index is 0.00167. The zero-order valence-corrected chi connectivity index (χ0v) is 12.3. The van der Waals surface area contributed by atoms with Gasteiger partial charge in [-0.1, -0.05) is 26.7 Å². The summed E-state index contributed by atoms with van der Waals surface area (Å²) in [6, 6.07) is -0.00167. The molecule has 0 spiro atoms. The van der Waals surface area contributed by atoms with Gasteiger partial charge in [0.1, 0.15) is 0 Å². The smallest absolute Gasteiger partial charge is 0.317 e. The number of carbonyl (C=O) groups excluding carboxylic acids is 1.